The van der Waals surface area contributed by atoms with Crippen LogP contribution in [0.5, 0.6) is 5.75 Å². The molecule has 0 radical (unpaired) electrons. The molecule has 0 fully saturated rings. The number of aryl methyl sites for hydroxylation is 2. The van der Waals surface area contributed by atoms with Gasteiger partial charge in [0.15, 0.2) is 5.78 Å². The first-order valence-electron chi connectivity index (χ1n) is 10.3. The molecule has 0 atom stereocenters. The first-order chi connectivity index (χ1) is 14.6. The van der Waals surface area contributed by atoms with Crippen LogP contribution in [-0.4, -0.2) is 44.1 Å². The van der Waals surface area contributed by atoms with Gasteiger partial charge in [-0.15, -0.1) is 0 Å². The highest BCUT2D eigenvalue weighted by Crippen LogP contribution is 2.29. The minimum Gasteiger partial charge on any atom is -0.492 e. The Morgan fingerprint density at radius 2 is 1.81 bits per heavy atom. The van der Waals surface area contributed by atoms with Crippen molar-refractivity contribution in [1.82, 2.24) is 4.31 Å². The Morgan fingerprint density at radius 1 is 1.13 bits per heavy atom. The summed E-state index contributed by atoms with van der Waals surface area (Å²) in [5, 5.41) is 2.74. The van der Waals surface area contributed by atoms with Crippen LogP contribution in [0.15, 0.2) is 33.6 Å². The summed E-state index contributed by atoms with van der Waals surface area (Å²) < 4.78 is 38.1. The van der Waals surface area contributed by atoms with Crippen molar-refractivity contribution in [2.24, 2.45) is 0 Å². The number of Topliss-reactive ketones (excluding diaryl/α,β-unsaturated/α-hetero) is 1. The Bertz CT molecular complexity index is 1040. The molecule has 0 spiro atoms. The molecular formula is C22H30N2O6S. The van der Waals surface area contributed by atoms with Gasteiger partial charge in [-0.3, -0.25) is 9.59 Å². The summed E-state index contributed by atoms with van der Waals surface area (Å²) >= 11 is 0. The van der Waals surface area contributed by atoms with E-state index < -0.39 is 10.0 Å². The lowest BCUT2D eigenvalue weighted by Gasteiger charge is -2.20. The van der Waals surface area contributed by atoms with Crippen LogP contribution < -0.4 is 10.1 Å². The van der Waals surface area contributed by atoms with E-state index in [0.29, 0.717) is 54.6 Å². The predicted molar refractivity (Wildman–Crippen MR) is 118 cm³/mol. The third-order valence-electron chi connectivity index (χ3n) is 4.81. The molecular weight excluding hydrogens is 420 g/mol. The van der Waals surface area contributed by atoms with E-state index in [1.54, 1.807) is 39.8 Å². The highest BCUT2D eigenvalue weighted by molar-refractivity contribution is 7.89. The second-order valence-electron chi connectivity index (χ2n) is 6.97. The van der Waals surface area contributed by atoms with Crippen LogP contribution in [-0.2, 0) is 21.2 Å². The number of ketones is 1. The lowest BCUT2D eigenvalue weighted by Crippen LogP contribution is -2.30. The maximum absolute atomic E-state index is 12.8. The van der Waals surface area contributed by atoms with Crippen molar-refractivity contribution in [2.45, 2.75) is 52.4 Å². The van der Waals surface area contributed by atoms with E-state index in [2.05, 4.69) is 5.32 Å². The predicted octanol–water partition coefficient (Wildman–Crippen LogP) is 3.79. The van der Waals surface area contributed by atoms with Crippen molar-refractivity contribution in [3.8, 4) is 5.75 Å². The Balaban J connectivity index is 2.20. The number of nitrogens with one attached hydrogen (secondary N) is 1. The van der Waals surface area contributed by atoms with Gasteiger partial charge in [0, 0.05) is 25.9 Å². The topological polar surface area (TPSA) is 106 Å². The maximum atomic E-state index is 12.8. The zero-order valence-corrected chi connectivity index (χ0v) is 19.5. The maximum Gasteiger partial charge on any atom is 0.243 e. The first kappa shape index (κ1) is 24.6. The van der Waals surface area contributed by atoms with Crippen LogP contribution in [0, 0.1) is 6.92 Å². The lowest BCUT2D eigenvalue weighted by atomic mass is 10.1. The van der Waals surface area contributed by atoms with Crippen LogP contribution in [0.4, 0.5) is 5.69 Å². The lowest BCUT2D eigenvalue weighted by molar-refractivity contribution is -0.116. The molecule has 0 unspecified atom stereocenters. The molecule has 0 bridgehead atoms. The summed E-state index contributed by atoms with van der Waals surface area (Å²) in [4.78, 5) is 24.2. The van der Waals surface area contributed by atoms with Gasteiger partial charge in [0.1, 0.15) is 17.3 Å². The number of benzene rings is 1. The number of ether oxygens (including phenoxy) is 1. The smallest absolute Gasteiger partial charge is 0.243 e. The van der Waals surface area contributed by atoms with Crippen LogP contribution in [0.25, 0.3) is 0 Å². The van der Waals surface area contributed by atoms with Gasteiger partial charge in [0.2, 0.25) is 15.9 Å². The molecule has 170 valence electrons. The molecule has 1 N–H and O–H groups in total. The van der Waals surface area contributed by atoms with Crippen molar-refractivity contribution in [3.63, 3.8) is 0 Å². The van der Waals surface area contributed by atoms with E-state index in [-0.39, 0.29) is 23.0 Å². The minimum atomic E-state index is -3.68. The summed E-state index contributed by atoms with van der Waals surface area (Å²) in [5.41, 5.74) is 0.795. The monoisotopic (exact) mass is 450 g/mol. The Hall–Kier alpha value is -2.65. The fourth-order valence-corrected chi connectivity index (χ4v) is 4.71. The Kier molecular flexibility index (Phi) is 8.41. The van der Waals surface area contributed by atoms with Crippen molar-refractivity contribution >= 4 is 27.4 Å². The van der Waals surface area contributed by atoms with Gasteiger partial charge >= 0.3 is 0 Å². The van der Waals surface area contributed by atoms with Gasteiger partial charge in [-0.2, -0.15) is 4.31 Å². The van der Waals surface area contributed by atoms with Crippen LogP contribution in [0.1, 0.15) is 56.0 Å². The standard InChI is InChI=1S/C22H30N2O6S/c1-6-24(7-2)31(27,28)18-10-11-21(29-8-3)20(14-18)23-22(26)12-9-17-13-19(15(4)25)16(5)30-17/h10-11,13-14H,6-9,12H2,1-5H3,(H,23,26). The highest BCUT2D eigenvalue weighted by atomic mass is 32.2. The van der Waals surface area contributed by atoms with E-state index in [9.17, 15) is 18.0 Å². The first-order valence-corrected chi connectivity index (χ1v) is 11.7. The average Bonchev–Trinajstić information content (AvgIpc) is 3.09. The molecule has 0 saturated carbocycles. The molecule has 1 aromatic heterocycles. The number of anilines is 1. The fourth-order valence-electron chi connectivity index (χ4n) is 3.23. The molecule has 1 heterocycles. The molecule has 1 aromatic carbocycles. The van der Waals surface area contributed by atoms with Crippen molar-refractivity contribution in [3.05, 3.63) is 41.3 Å². The van der Waals surface area contributed by atoms with E-state index in [4.69, 9.17) is 9.15 Å². The molecule has 31 heavy (non-hydrogen) atoms. The molecule has 2 aromatic rings. The number of hydrogen-bond acceptors (Lipinski definition) is 6. The van der Waals surface area contributed by atoms with Crippen molar-refractivity contribution < 1.29 is 27.2 Å². The normalized spacial score (nSPS) is 11.5. The summed E-state index contributed by atoms with van der Waals surface area (Å²) in [6.07, 6.45) is 0.407. The van der Waals surface area contributed by atoms with Gasteiger partial charge in [-0.05, 0) is 45.0 Å². The molecule has 1 amide bonds. The van der Waals surface area contributed by atoms with Gasteiger partial charge in [0.25, 0.3) is 0 Å². The minimum absolute atomic E-state index is 0.0858. The number of hydrogen-bond donors (Lipinski definition) is 1. The van der Waals surface area contributed by atoms with Crippen molar-refractivity contribution in [1.29, 1.82) is 0 Å². The summed E-state index contributed by atoms with van der Waals surface area (Å²) in [5.74, 6) is 1.04. The van der Waals surface area contributed by atoms with Gasteiger partial charge in [0.05, 0.1) is 22.8 Å². The number of sulfonamides is 1. The second kappa shape index (κ2) is 10.6. The molecule has 0 saturated heterocycles. The molecule has 0 aliphatic carbocycles. The SMILES string of the molecule is CCOc1ccc(S(=O)(=O)N(CC)CC)cc1NC(=O)CCc1cc(C(C)=O)c(C)o1. The largest absolute Gasteiger partial charge is 0.492 e. The Morgan fingerprint density at radius 3 is 2.35 bits per heavy atom. The van der Waals surface area contributed by atoms with Crippen LogP contribution >= 0.6 is 0 Å². The number of carbonyl (C=O) groups is 2. The Labute approximate surface area is 183 Å². The number of furan rings is 1. The van der Waals surface area contributed by atoms with E-state index >= 15 is 0 Å². The summed E-state index contributed by atoms with van der Waals surface area (Å²) in [6.45, 7) is 9.57. The van der Waals surface area contributed by atoms with E-state index in [0.717, 1.165) is 0 Å². The third-order valence-corrected chi connectivity index (χ3v) is 6.86. The molecule has 8 nitrogen and oxygen atoms in total. The third kappa shape index (κ3) is 5.95. The van der Waals surface area contributed by atoms with Gasteiger partial charge in [-0.25, -0.2) is 8.42 Å². The molecule has 2 rings (SSSR count). The second-order valence-corrected chi connectivity index (χ2v) is 8.91. The number of amides is 1. The summed E-state index contributed by atoms with van der Waals surface area (Å²) in [6, 6.07) is 6.09. The van der Waals surface area contributed by atoms with Crippen LogP contribution in [0.3, 0.4) is 0 Å². The zero-order valence-electron chi connectivity index (χ0n) is 18.6. The fraction of sp³-hybridized carbons (Fsp3) is 0.455. The molecule has 0 aliphatic rings. The zero-order chi connectivity index (χ0) is 23.2. The number of carbonyl (C=O) groups excluding carboxylic acids is 2. The van der Waals surface area contributed by atoms with Gasteiger partial charge in [-0.1, -0.05) is 13.8 Å². The molecule has 0 aliphatic heterocycles. The highest BCUT2D eigenvalue weighted by Gasteiger charge is 2.23. The summed E-state index contributed by atoms with van der Waals surface area (Å²) in [7, 11) is -3.68. The van der Waals surface area contributed by atoms with E-state index in [1.165, 1.54) is 23.4 Å². The number of rotatable bonds is 11. The molecule has 9 heteroatoms. The van der Waals surface area contributed by atoms with Crippen LogP contribution in [0.2, 0.25) is 0 Å². The average molecular weight is 451 g/mol. The van der Waals surface area contributed by atoms with Gasteiger partial charge < -0.3 is 14.5 Å². The van der Waals surface area contributed by atoms with E-state index in [1.807, 2.05) is 0 Å². The quantitative estimate of drug-likeness (QED) is 0.522. The number of nitrogens with zero attached hydrogens (tertiary/aromatic N) is 1. The van der Waals surface area contributed by atoms with Crippen molar-refractivity contribution in [2.75, 3.05) is 25.0 Å².